The number of ether oxygens (including phenoxy) is 3. The van der Waals surface area contributed by atoms with Gasteiger partial charge >= 0.3 is 17.9 Å². The Labute approximate surface area is 348 Å². The van der Waals surface area contributed by atoms with E-state index in [2.05, 4.69) is 41.5 Å². The van der Waals surface area contributed by atoms with Crippen molar-refractivity contribution in [1.82, 2.24) is 0 Å². The number of rotatable bonds is 43. The van der Waals surface area contributed by atoms with Gasteiger partial charge in [-0.05, 0) is 37.0 Å². The molecule has 0 heterocycles. The fraction of sp³-hybridized carbons (Fsp3) is 0.940. The molecule has 0 saturated carbocycles. The number of hydrogen-bond donors (Lipinski definition) is 0. The number of unbranched alkanes of at least 4 members (excludes halogenated alkanes) is 25. The van der Waals surface area contributed by atoms with Gasteiger partial charge in [0.05, 0.1) is 0 Å². The van der Waals surface area contributed by atoms with Gasteiger partial charge in [-0.15, -0.1) is 0 Å². The van der Waals surface area contributed by atoms with Gasteiger partial charge < -0.3 is 14.2 Å². The summed E-state index contributed by atoms with van der Waals surface area (Å²) in [6.45, 7) is 13.7. The van der Waals surface area contributed by atoms with Crippen LogP contribution in [0.25, 0.3) is 0 Å². The van der Waals surface area contributed by atoms with Crippen LogP contribution < -0.4 is 0 Å². The normalized spacial score (nSPS) is 12.6. The van der Waals surface area contributed by atoms with Crippen LogP contribution in [0, 0.1) is 17.8 Å². The standard InChI is InChI=1S/C50H96O6/c1-7-46(6)38-32-26-22-23-28-34-40-49(52)55-43-47(56-50(53)41-35-29-21-17-16-19-25-31-37-45(4)5)42-54-48(51)39-33-27-20-15-13-11-9-8-10-12-14-18-24-30-36-44(2)3/h44-47H,7-43H2,1-6H3/t46?,47-/m0/s1. The number of carbonyl (C=O) groups is 3. The van der Waals surface area contributed by atoms with Crippen molar-refractivity contribution in [3.8, 4) is 0 Å². The highest BCUT2D eigenvalue weighted by molar-refractivity contribution is 5.71. The largest absolute Gasteiger partial charge is 0.462 e. The summed E-state index contributed by atoms with van der Waals surface area (Å²) < 4.78 is 16.8. The third-order valence-electron chi connectivity index (χ3n) is 11.5. The van der Waals surface area contributed by atoms with Crippen LogP contribution in [0.4, 0.5) is 0 Å². The Kier molecular flexibility index (Phi) is 40.4. The lowest BCUT2D eigenvalue weighted by Gasteiger charge is -2.18. The Morgan fingerprint density at radius 1 is 0.357 bits per heavy atom. The zero-order valence-corrected chi connectivity index (χ0v) is 38.4. The van der Waals surface area contributed by atoms with Crippen molar-refractivity contribution in [2.24, 2.45) is 17.8 Å². The van der Waals surface area contributed by atoms with Gasteiger partial charge in [0, 0.05) is 19.3 Å². The number of esters is 3. The molecule has 0 N–H and O–H groups in total. The first-order chi connectivity index (χ1) is 27.1. The molecule has 0 saturated heterocycles. The van der Waals surface area contributed by atoms with Crippen LogP contribution in [0.3, 0.4) is 0 Å². The van der Waals surface area contributed by atoms with Crippen molar-refractivity contribution < 1.29 is 28.6 Å². The molecule has 0 aromatic heterocycles. The first-order valence-electron chi connectivity index (χ1n) is 24.6. The van der Waals surface area contributed by atoms with E-state index in [0.717, 1.165) is 75.5 Å². The highest BCUT2D eigenvalue weighted by Crippen LogP contribution is 2.18. The fourth-order valence-corrected chi connectivity index (χ4v) is 7.38. The first kappa shape index (κ1) is 54.4. The van der Waals surface area contributed by atoms with E-state index in [-0.39, 0.29) is 31.1 Å². The van der Waals surface area contributed by atoms with Gasteiger partial charge in [0.15, 0.2) is 6.10 Å². The number of hydrogen-bond acceptors (Lipinski definition) is 6. The third kappa shape index (κ3) is 42.0. The van der Waals surface area contributed by atoms with Gasteiger partial charge in [0.2, 0.25) is 0 Å². The average molecular weight is 793 g/mol. The van der Waals surface area contributed by atoms with Crippen LogP contribution in [-0.2, 0) is 28.6 Å². The van der Waals surface area contributed by atoms with Gasteiger partial charge in [-0.25, -0.2) is 0 Å². The van der Waals surface area contributed by atoms with E-state index in [4.69, 9.17) is 14.2 Å². The molecule has 0 spiro atoms. The Balaban J connectivity index is 4.28. The van der Waals surface area contributed by atoms with Gasteiger partial charge in [0.25, 0.3) is 0 Å². The Morgan fingerprint density at radius 2 is 0.625 bits per heavy atom. The molecule has 0 aromatic carbocycles. The van der Waals surface area contributed by atoms with Gasteiger partial charge in [-0.2, -0.15) is 0 Å². The Morgan fingerprint density at radius 3 is 0.929 bits per heavy atom. The topological polar surface area (TPSA) is 78.9 Å². The SMILES string of the molecule is CCC(C)CCCCCCCCC(=O)OC[C@H](COC(=O)CCCCCCCCCCCCCCCCC(C)C)OC(=O)CCCCCCCCCCC(C)C. The highest BCUT2D eigenvalue weighted by atomic mass is 16.6. The zero-order valence-electron chi connectivity index (χ0n) is 38.4. The summed E-state index contributed by atoms with van der Waals surface area (Å²) >= 11 is 0. The molecule has 2 atom stereocenters. The second kappa shape index (κ2) is 41.6. The van der Waals surface area contributed by atoms with Crippen LogP contribution in [0.15, 0.2) is 0 Å². The summed E-state index contributed by atoms with van der Waals surface area (Å²) in [6.07, 6.45) is 39.5. The summed E-state index contributed by atoms with van der Waals surface area (Å²) in [5.41, 5.74) is 0. The molecule has 6 heteroatoms. The minimum atomic E-state index is -0.763. The van der Waals surface area contributed by atoms with Crippen LogP contribution in [0.1, 0.15) is 266 Å². The summed E-state index contributed by atoms with van der Waals surface area (Å²) in [5.74, 6) is 1.59. The van der Waals surface area contributed by atoms with E-state index in [1.165, 1.54) is 148 Å². The van der Waals surface area contributed by atoms with Gasteiger partial charge in [-0.1, -0.05) is 228 Å². The second-order valence-electron chi connectivity index (χ2n) is 18.3. The summed E-state index contributed by atoms with van der Waals surface area (Å²) in [4.78, 5) is 37.8. The number of carbonyl (C=O) groups excluding carboxylic acids is 3. The minimum absolute atomic E-state index is 0.0660. The molecule has 1 unspecified atom stereocenters. The van der Waals surface area contributed by atoms with E-state index in [1.54, 1.807) is 0 Å². The molecule has 0 aromatic rings. The Bertz CT molecular complexity index is 870. The predicted octanol–water partition coefficient (Wildman–Crippen LogP) is 15.6. The summed E-state index contributed by atoms with van der Waals surface area (Å²) in [7, 11) is 0. The summed E-state index contributed by atoms with van der Waals surface area (Å²) in [5, 5.41) is 0. The molecular formula is C50H96O6. The van der Waals surface area contributed by atoms with Gasteiger partial charge in [-0.3, -0.25) is 14.4 Å². The molecule has 56 heavy (non-hydrogen) atoms. The lowest BCUT2D eigenvalue weighted by atomic mass is 10.00. The molecule has 0 bridgehead atoms. The maximum Gasteiger partial charge on any atom is 0.306 e. The molecule has 0 aliphatic heterocycles. The van der Waals surface area contributed by atoms with Gasteiger partial charge in [0.1, 0.15) is 13.2 Å². The quantitative estimate of drug-likeness (QED) is 0.0348. The summed E-state index contributed by atoms with van der Waals surface area (Å²) in [6, 6.07) is 0. The van der Waals surface area contributed by atoms with Crippen molar-refractivity contribution in [2.45, 2.75) is 272 Å². The molecule has 0 amide bonds. The van der Waals surface area contributed by atoms with Crippen molar-refractivity contribution in [3.05, 3.63) is 0 Å². The van der Waals surface area contributed by atoms with Crippen molar-refractivity contribution >= 4 is 17.9 Å². The molecule has 0 aliphatic carbocycles. The molecular weight excluding hydrogens is 697 g/mol. The van der Waals surface area contributed by atoms with Crippen molar-refractivity contribution in [3.63, 3.8) is 0 Å². The van der Waals surface area contributed by atoms with E-state index in [0.29, 0.717) is 19.3 Å². The molecule has 332 valence electrons. The fourth-order valence-electron chi connectivity index (χ4n) is 7.38. The molecule has 0 fully saturated rings. The van der Waals surface area contributed by atoms with E-state index in [9.17, 15) is 14.4 Å². The third-order valence-corrected chi connectivity index (χ3v) is 11.5. The van der Waals surface area contributed by atoms with Crippen LogP contribution in [-0.4, -0.2) is 37.2 Å². The minimum Gasteiger partial charge on any atom is -0.462 e. The first-order valence-corrected chi connectivity index (χ1v) is 24.6. The molecule has 0 rings (SSSR count). The molecule has 6 nitrogen and oxygen atoms in total. The smallest absolute Gasteiger partial charge is 0.306 e. The van der Waals surface area contributed by atoms with E-state index in [1.807, 2.05) is 0 Å². The van der Waals surface area contributed by atoms with Crippen LogP contribution >= 0.6 is 0 Å². The van der Waals surface area contributed by atoms with Crippen LogP contribution in [0.2, 0.25) is 0 Å². The Hall–Kier alpha value is -1.59. The highest BCUT2D eigenvalue weighted by Gasteiger charge is 2.19. The molecule has 0 aliphatic rings. The second-order valence-corrected chi connectivity index (χ2v) is 18.3. The maximum absolute atomic E-state index is 12.7. The average Bonchev–Trinajstić information content (AvgIpc) is 3.16. The monoisotopic (exact) mass is 793 g/mol. The zero-order chi connectivity index (χ0) is 41.3. The van der Waals surface area contributed by atoms with E-state index >= 15 is 0 Å². The maximum atomic E-state index is 12.7. The van der Waals surface area contributed by atoms with Crippen LogP contribution in [0.5, 0.6) is 0 Å². The van der Waals surface area contributed by atoms with Crippen molar-refractivity contribution in [2.75, 3.05) is 13.2 Å². The van der Waals surface area contributed by atoms with Crippen molar-refractivity contribution in [1.29, 1.82) is 0 Å². The van der Waals surface area contributed by atoms with E-state index < -0.39 is 6.10 Å². The lowest BCUT2D eigenvalue weighted by Crippen LogP contribution is -2.30. The lowest BCUT2D eigenvalue weighted by molar-refractivity contribution is -0.167. The molecule has 0 radical (unpaired) electrons. The predicted molar refractivity (Wildman–Crippen MR) is 238 cm³/mol.